The number of fused-ring (bicyclic) bond motifs is 1. The van der Waals surface area contributed by atoms with Crippen molar-refractivity contribution in [1.82, 2.24) is 4.57 Å². The number of hydrogen-bond acceptors (Lipinski definition) is 5. The first-order chi connectivity index (χ1) is 11.1. The summed E-state index contributed by atoms with van der Waals surface area (Å²) in [6.45, 7) is 0.390. The summed E-state index contributed by atoms with van der Waals surface area (Å²) in [5.41, 5.74) is 2.84. The average Bonchev–Trinajstić information content (AvgIpc) is 3.04. The highest BCUT2D eigenvalue weighted by Crippen LogP contribution is 2.35. The number of aromatic nitrogens is 1. The van der Waals surface area contributed by atoms with Crippen LogP contribution in [0, 0.1) is 3.95 Å². The third-order valence-electron chi connectivity index (χ3n) is 3.51. The van der Waals surface area contributed by atoms with Gasteiger partial charge in [-0.05, 0) is 30.8 Å². The van der Waals surface area contributed by atoms with Gasteiger partial charge >= 0.3 is 5.97 Å². The maximum absolute atomic E-state index is 10.6. The number of aliphatic carboxylic acids is 1. The second-order valence-electron chi connectivity index (χ2n) is 5.08. The van der Waals surface area contributed by atoms with Crippen LogP contribution in [-0.4, -0.2) is 27.0 Å². The number of benzene rings is 1. The lowest BCUT2D eigenvalue weighted by molar-refractivity contribution is -0.137. The molecule has 0 amide bonds. The average molecular weight is 346 g/mol. The van der Waals surface area contributed by atoms with Gasteiger partial charge in [0.25, 0.3) is 0 Å². The molecule has 23 heavy (non-hydrogen) atoms. The van der Waals surface area contributed by atoms with Crippen molar-refractivity contribution in [3.8, 4) is 5.88 Å². The number of aromatic hydroxyl groups is 1. The fourth-order valence-electron chi connectivity index (χ4n) is 2.39. The van der Waals surface area contributed by atoms with Gasteiger partial charge in [-0.1, -0.05) is 18.2 Å². The third kappa shape index (κ3) is 3.25. The lowest BCUT2D eigenvalue weighted by atomic mass is 10.1. The Morgan fingerprint density at radius 1 is 1.39 bits per heavy atom. The molecule has 0 spiro atoms. The van der Waals surface area contributed by atoms with E-state index >= 15 is 0 Å². The van der Waals surface area contributed by atoms with Gasteiger partial charge in [-0.15, -0.1) is 11.3 Å². The van der Waals surface area contributed by atoms with E-state index < -0.39 is 5.97 Å². The Morgan fingerprint density at radius 3 is 2.96 bits per heavy atom. The van der Waals surface area contributed by atoms with Crippen LogP contribution in [0.2, 0.25) is 0 Å². The van der Waals surface area contributed by atoms with Crippen LogP contribution in [0.1, 0.15) is 23.3 Å². The van der Waals surface area contributed by atoms with Gasteiger partial charge in [-0.3, -0.25) is 14.4 Å². The van der Waals surface area contributed by atoms with Crippen molar-refractivity contribution in [3.05, 3.63) is 38.7 Å². The monoisotopic (exact) mass is 346 g/mol. The van der Waals surface area contributed by atoms with Crippen molar-refractivity contribution in [2.75, 3.05) is 0 Å². The zero-order valence-corrected chi connectivity index (χ0v) is 13.7. The molecule has 0 bridgehead atoms. The van der Waals surface area contributed by atoms with E-state index in [1.807, 2.05) is 30.3 Å². The van der Waals surface area contributed by atoms with E-state index in [2.05, 4.69) is 4.99 Å². The molecule has 2 N–H and O–H groups in total. The first kappa shape index (κ1) is 15.6. The van der Waals surface area contributed by atoms with Crippen molar-refractivity contribution in [1.29, 1.82) is 0 Å². The van der Waals surface area contributed by atoms with E-state index in [9.17, 15) is 9.90 Å². The van der Waals surface area contributed by atoms with Gasteiger partial charge in [0, 0.05) is 30.3 Å². The molecule has 0 saturated carbocycles. The second-order valence-corrected chi connectivity index (χ2v) is 6.76. The van der Waals surface area contributed by atoms with Gasteiger partial charge < -0.3 is 10.2 Å². The van der Waals surface area contributed by atoms with E-state index in [-0.39, 0.29) is 12.3 Å². The number of carboxylic acids is 1. The highest BCUT2D eigenvalue weighted by Gasteiger charge is 2.15. The van der Waals surface area contributed by atoms with Crippen molar-refractivity contribution >= 4 is 53.1 Å². The smallest absolute Gasteiger partial charge is 0.303 e. The molecule has 0 saturated heterocycles. The zero-order chi connectivity index (χ0) is 16.4. The van der Waals surface area contributed by atoms with E-state index in [1.54, 1.807) is 10.8 Å². The lowest BCUT2D eigenvalue weighted by Crippen LogP contribution is -2.01. The van der Waals surface area contributed by atoms with Crippen molar-refractivity contribution in [2.24, 2.45) is 4.99 Å². The van der Waals surface area contributed by atoms with Crippen molar-refractivity contribution in [3.63, 3.8) is 0 Å². The molecule has 0 aliphatic carbocycles. The number of carbonyl (C=O) groups is 1. The Kier molecular flexibility index (Phi) is 4.40. The van der Waals surface area contributed by atoms with Crippen LogP contribution in [0.4, 0.5) is 5.69 Å². The lowest BCUT2D eigenvalue weighted by Gasteiger charge is -2.03. The van der Waals surface area contributed by atoms with E-state index in [1.165, 1.54) is 11.3 Å². The predicted octanol–water partition coefficient (Wildman–Crippen LogP) is 4.11. The quantitative estimate of drug-likeness (QED) is 0.799. The summed E-state index contributed by atoms with van der Waals surface area (Å²) in [7, 11) is 0. The summed E-state index contributed by atoms with van der Waals surface area (Å²) in [6.07, 6.45) is 4.10. The Bertz CT molecular complexity index is 878. The standard InChI is InChI=1S/C16H14N2O3S2/c19-14(20)6-3-7-18-15(21)13(23-16(18)22)8-10-9-17-12-5-2-1-4-11(10)12/h1-2,4-5,8-9,21H,3,6-7H2,(H,19,20). The molecule has 2 heterocycles. The molecule has 0 unspecified atom stereocenters. The van der Waals surface area contributed by atoms with Gasteiger partial charge in [-0.2, -0.15) is 0 Å². The minimum absolute atomic E-state index is 0.0491. The first-order valence-electron chi connectivity index (χ1n) is 7.06. The Balaban J connectivity index is 1.88. The maximum atomic E-state index is 10.6. The first-order valence-corrected chi connectivity index (χ1v) is 8.28. The fraction of sp³-hybridized carbons (Fsp3) is 0.188. The zero-order valence-electron chi connectivity index (χ0n) is 12.1. The molecule has 3 rings (SSSR count). The minimum atomic E-state index is -0.854. The van der Waals surface area contributed by atoms with Crippen LogP contribution in [0.15, 0.2) is 29.3 Å². The van der Waals surface area contributed by atoms with E-state index in [0.29, 0.717) is 21.8 Å². The molecular weight excluding hydrogens is 332 g/mol. The highest BCUT2D eigenvalue weighted by atomic mass is 32.1. The largest absolute Gasteiger partial charge is 0.493 e. The van der Waals surface area contributed by atoms with Crippen molar-refractivity contribution in [2.45, 2.75) is 19.4 Å². The topological polar surface area (TPSA) is 74.8 Å². The third-order valence-corrected chi connectivity index (χ3v) is 4.90. The summed E-state index contributed by atoms with van der Waals surface area (Å²) in [6, 6.07) is 7.79. The minimum Gasteiger partial charge on any atom is -0.493 e. The normalized spacial score (nSPS) is 14.3. The van der Waals surface area contributed by atoms with Gasteiger partial charge in [0.2, 0.25) is 5.88 Å². The molecule has 0 fully saturated rings. The molecule has 1 aliphatic heterocycles. The number of rotatable bonds is 5. The van der Waals surface area contributed by atoms with Gasteiger partial charge in [0.15, 0.2) is 3.95 Å². The molecular formula is C16H14N2O3S2. The highest BCUT2D eigenvalue weighted by molar-refractivity contribution is 7.73. The maximum Gasteiger partial charge on any atom is 0.303 e. The second kappa shape index (κ2) is 6.47. The number of thiazole rings is 1. The van der Waals surface area contributed by atoms with Crippen LogP contribution < -0.4 is 0 Å². The van der Waals surface area contributed by atoms with Gasteiger partial charge in [0.1, 0.15) is 0 Å². The SMILES string of the molecule is O=C(O)CCCn1c(O)c(C=C2C=Nc3ccccc32)sc1=S. The molecule has 1 aromatic heterocycles. The summed E-state index contributed by atoms with van der Waals surface area (Å²) >= 11 is 6.57. The Morgan fingerprint density at radius 2 is 2.17 bits per heavy atom. The molecule has 1 aromatic carbocycles. The van der Waals surface area contributed by atoms with E-state index in [0.717, 1.165) is 16.8 Å². The molecule has 2 aromatic rings. The molecule has 1 aliphatic rings. The number of hydrogen-bond donors (Lipinski definition) is 2. The molecule has 0 atom stereocenters. The summed E-state index contributed by atoms with van der Waals surface area (Å²) in [5, 5.41) is 19.1. The Labute approximate surface area is 141 Å². The number of allylic oxidation sites excluding steroid dienone is 1. The predicted molar refractivity (Wildman–Crippen MR) is 94.1 cm³/mol. The van der Waals surface area contributed by atoms with Crippen LogP contribution in [0.3, 0.4) is 0 Å². The fourth-order valence-corrected chi connectivity index (χ4v) is 3.70. The summed E-state index contributed by atoms with van der Waals surface area (Å²) < 4.78 is 2.11. The van der Waals surface area contributed by atoms with Gasteiger partial charge in [-0.25, -0.2) is 0 Å². The molecule has 0 radical (unpaired) electrons. The number of aliphatic imine (C=N–C) groups is 1. The number of para-hydroxylation sites is 1. The number of carboxylic acid groups (broad SMARTS) is 1. The summed E-state index contributed by atoms with van der Waals surface area (Å²) in [5.74, 6) is -0.775. The van der Waals surface area contributed by atoms with Crippen LogP contribution in [-0.2, 0) is 11.3 Å². The molecule has 5 nitrogen and oxygen atoms in total. The van der Waals surface area contributed by atoms with Crippen molar-refractivity contribution < 1.29 is 15.0 Å². The Hall–Kier alpha value is -2.25. The molecule has 118 valence electrons. The number of nitrogens with zero attached hydrogens (tertiary/aromatic N) is 2. The van der Waals surface area contributed by atoms with Crippen LogP contribution >= 0.6 is 23.6 Å². The van der Waals surface area contributed by atoms with Gasteiger partial charge in [0.05, 0.1) is 10.6 Å². The van der Waals surface area contributed by atoms with E-state index in [4.69, 9.17) is 17.3 Å². The van der Waals surface area contributed by atoms with Crippen LogP contribution in [0.25, 0.3) is 11.6 Å². The molecule has 7 heteroatoms. The summed E-state index contributed by atoms with van der Waals surface area (Å²) in [4.78, 5) is 15.6. The van der Waals surface area contributed by atoms with Crippen LogP contribution in [0.5, 0.6) is 5.88 Å².